The maximum absolute atomic E-state index is 12.3. The van der Waals surface area contributed by atoms with Crippen molar-refractivity contribution in [3.05, 3.63) is 0 Å². The summed E-state index contributed by atoms with van der Waals surface area (Å²) in [7, 11) is 0. The third kappa shape index (κ3) is 6.61. The van der Waals surface area contributed by atoms with Crippen LogP contribution < -0.4 is 5.32 Å². The lowest BCUT2D eigenvalue weighted by Crippen LogP contribution is -2.52. The van der Waals surface area contributed by atoms with Crippen LogP contribution in [-0.2, 0) is 0 Å². The third-order valence-corrected chi connectivity index (χ3v) is 3.92. The molecule has 0 aromatic rings. The minimum absolute atomic E-state index is 0.0281. The van der Waals surface area contributed by atoms with Gasteiger partial charge in [-0.1, -0.05) is 27.2 Å². The fraction of sp³-hybridized carbons (Fsp3) is 1.00. The van der Waals surface area contributed by atoms with Crippen LogP contribution in [0.25, 0.3) is 0 Å². The second kappa shape index (κ2) is 7.48. The van der Waals surface area contributed by atoms with Gasteiger partial charge in [-0.15, -0.1) is 0 Å². The van der Waals surface area contributed by atoms with Gasteiger partial charge in [-0.2, -0.15) is 13.2 Å². The van der Waals surface area contributed by atoms with Gasteiger partial charge in [0, 0.05) is 19.1 Å². The van der Waals surface area contributed by atoms with Crippen LogP contribution in [0.5, 0.6) is 0 Å². The fourth-order valence-electron chi connectivity index (χ4n) is 2.69. The van der Waals surface area contributed by atoms with Crippen molar-refractivity contribution in [3.63, 3.8) is 0 Å². The molecule has 0 saturated carbocycles. The summed E-state index contributed by atoms with van der Waals surface area (Å²) in [6, 6.07) is -0.0281. The molecule has 2 nitrogen and oxygen atoms in total. The molecular formula is C14H27F3N2. The van der Waals surface area contributed by atoms with E-state index in [9.17, 15) is 13.2 Å². The number of unbranched alkanes of at least 4 members (excludes halogenated alkanes) is 1. The maximum atomic E-state index is 12.3. The maximum Gasteiger partial charge on any atom is 0.401 e. The Morgan fingerprint density at radius 2 is 1.95 bits per heavy atom. The summed E-state index contributed by atoms with van der Waals surface area (Å²) in [4.78, 5) is 2.33. The number of rotatable bonds is 6. The lowest BCUT2D eigenvalue weighted by atomic mass is 9.85. The van der Waals surface area contributed by atoms with E-state index in [1.54, 1.807) is 0 Å². The van der Waals surface area contributed by atoms with Crippen LogP contribution in [0.3, 0.4) is 0 Å². The molecule has 1 N–H and O–H groups in total. The van der Waals surface area contributed by atoms with E-state index >= 15 is 0 Å². The number of halogens is 3. The predicted octanol–water partition coefficient (Wildman–Crippen LogP) is 3.28. The number of nitrogens with one attached hydrogen (secondary N) is 1. The van der Waals surface area contributed by atoms with E-state index in [1.165, 1.54) is 0 Å². The Kier molecular flexibility index (Phi) is 6.60. The van der Waals surface area contributed by atoms with Crippen molar-refractivity contribution in [1.82, 2.24) is 10.2 Å². The molecule has 0 amide bonds. The van der Waals surface area contributed by atoms with Crippen molar-refractivity contribution in [3.8, 4) is 0 Å². The normalized spacial score (nSPS) is 26.1. The minimum Gasteiger partial charge on any atom is -0.305 e. The Hall–Kier alpha value is -0.290. The zero-order valence-electron chi connectivity index (χ0n) is 12.3. The molecule has 5 heteroatoms. The summed E-state index contributed by atoms with van der Waals surface area (Å²) in [5.41, 5.74) is 0. The van der Waals surface area contributed by atoms with Crippen LogP contribution in [0.1, 0.15) is 40.0 Å². The summed E-state index contributed by atoms with van der Waals surface area (Å²) < 4.78 is 36.9. The Labute approximate surface area is 114 Å². The zero-order valence-corrected chi connectivity index (χ0v) is 12.3. The second-order valence-corrected chi connectivity index (χ2v) is 6.05. The molecular weight excluding hydrogens is 253 g/mol. The molecule has 1 heterocycles. The molecule has 0 spiro atoms. The summed E-state index contributed by atoms with van der Waals surface area (Å²) in [6.45, 7) is 8.38. The Morgan fingerprint density at radius 3 is 2.47 bits per heavy atom. The molecule has 0 bridgehead atoms. The van der Waals surface area contributed by atoms with E-state index in [0.717, 1.165) is 38.9 Å². The van der Waals surface area contributed by atoms with Gasteiger partial charge in [0.25, 0.3) is 0 Å². The second-order valence-electron chi connectivity index (χ2n) is 6.05. The van der Waals surface area contributed by atoms with Gasteiger partial charge in [0.1, 0.15) is 0 Å². The van der Waals surface area contributed by atoms with E-state index in [2.05, 4.69) is 31.0 Å². The molecule has 1 rings (SSSR count). The molecule has 0 aromatic heterocycles. The van der Waals surface area contributed by atoms with E-state index in [0.29, 0.717) is 11.8 Å². The highest BCUT2D eigenvalue weighted by Gasteiger charge is 2.32. The highest BCUT2D eigenvalue weighted by molar-refractivity contribution is 4.85. The highest BCUT2D eigenvalue weighted by atomic mass is 19.4. The van der Waals surface area contributed by atoms with Crippen LogP contribution in [0.15, 0.2) is 0 Å². The predicted molar refractivity (Wildman–Crippen MR) is 72.1 cm³/mol. The fourth-order valence-corrected chi connectivity index (χ4v) is 2.69. The number of hydrogen-bond donors (Lipinski definition) is 1. The van der Waals surface area contributed by atoms with Crippen molar-refractivity contribution in [2.24, 2.45) is 11.8 Å². The number of piperidine rings is 1. The molecule has 19 heavy (non-hydrogen) atoms. The van der Waals surface area contributed by atoms with Crippen LogP contribution in [-0.4, -0.2) is 43.3 Å². The number of hydrogen-bond acceptors (Lipinski definition) is 2. The zero-order chi connectivity index (χ0) is 14.5. The van der Waals surface area contributed by atoms with Crippen LogP contribution in [0.4, 0.5) is 13.2 Å². The SMILES string of the molecule is CCCCN1CC(NCC(F)(F)F)CC(C(C)C)C1. The Balaban J connectivity index is 2.49. The van der Waals surface area contributed by atoms with Gasteiger partial charge in [0.05, 0.1) is 6.54 Å². The van der Waals surface area contributed by atoms with Crippen molar-refractivity contribution in [2.45, 2.75) is 52.3 Å². The molecule has 0 aliphatic carbocycles. The third-order valence-electron chi connectivity index (χ3n) is 3.92. The number of nitrogens with zero attached hydrogens (tertiary/aromatic N) is 1. The first kappa shape index (κ1) is 16.8. The summed E-state index contributed by atoms with van der Waals surface area (Å²) in [6.07, 6.45) is -1.00. The van der Waals surface area contributed by atoms with Crippen molar-refractivity contribution < 1.29 is 13.2 Å². The van der Waals surface area contributed by atoms with Gasteiger partial charge in [-0.3, -0.25) is 0 Å². The van der Waals surface area contributed by atoms with Crippen LogP contribution in [0.2, 0.25) is 0 Å². The van der Waals surface area contributed by atoms with E-state index in [-0.39, 0.29) is 6.04 Å². The van der Waals surface area contributed by atoms with Gasteiger partial charge in [0.2, 0.25) is 0 Å². The van der Waals surface area contributed by atoms with E-state index in [4.69, 9.17) is 0 Å². The van der Waals surface area contributed by atoms with Gasteiger partial charge < -0.3 is 10.2 Å². The molecule has 114 valence electrons. The first-order valence-corrected chi connectivity index (χ1v) is 7.34. The minimum atomic E-state index is -4.11. The summed E-state index contributed by atoms with van der Waals surface area (Å²) in [5.74, 6) is 1.02. The highest BCUT2D eigenvalue weighted by Crippen LogP contribution is 2.25. The monoisotopic (exact) mass is 280 g/mol. The Bertz CT molecular complexity index is 254. The molecule has 1 aliphatic rings. The van der Waals surface area contributed by atoms with E-state index in [1.807, 2.05) is 0 Å². The van der Waals surface area contributed by atoms with Crippen LogP contribution in [0, 0.1) is 11.8 Å². The molecule has 2 unspecified atom stereocenters. The molecule has 0 aromatic carbocycles. The lowest BCUT2D eigenvalue weighted by Gasteiger charge is -2.40. The molecule has 1 saturated heterocycles. The van der Waals surface area contributed by atoms with E-state index < -0.39 is 12.7 Å². The average Bonchev–Trinajstić information content (AvgIpc) is 2.32. The Morgan fingerprint density at radius 1 is 1.26 bits per heavy atom. The van der Waals surface area contributed by atoms with Crippen LogP contribution >= 0.6 is 0 Å². The van der Waals surface area contributed by atoms with Crippen molar-refractivity contribution in [2.75, 3.05) is 26.2 Å². The molecule has 2 atom stereocenters. The first-order chi connectivity index (χ1) is 8.81. The topological polar surface area (TPSA) is 15.3 Å². The van der Waals surface area contributed by atoms with Gasteiger partial charge in [-0.05, 0) is 31.2 Å². The largest absolute Gasteiger partial charge is 0.401 e. The molecule has 1 aliphatic heterocycles. The van der Waals surface area contributed by atoms with Gasteiger partial charge in [0.15, 0.2) is 0 Å². The molecule has 1 fully saturated rings. The van der Waals surface area contributed by atoms with Crippen molar-refractivity contribution >= 4 is 0 Å². The average molecular weight is 280 g/mol. The number of alkyl halides is 3. The van der Waals surface area contributed by atoms with Gasteiger partial charge >= 0.3 is 6.18 Å². The smallest absolute Gasteiger partial charge is 0.305 e. The molecule has 0 radical (unpaired) electrons. The number of likely N-dealkylation sites (tertiary alicyclic amines) is 1. The summed E-state index contributed by atoms with van der Waals surface area (Å²) in [5, 5.41) is 2.69. The lowest BCUT2D eigenvalue weighted by molar-refractivity contribution is -0.127. The standard InChI is InChI=1S/C14H27F3N2/c1-4-5-6-19-8-12(11(2)3)7-13(9-19)18-10-14(15,16)17/h11-13,18H,4-10H2,1-3H3. The first-order valence-electron chi connectivity index (χ1n) is 7.34. The van der Waals surface area contributed by atoms with Gasteiger partial charge in [-0.25, -0.2) is 0 Å². The quantitative estimate of drug-likeness (QED) is 0.803. The summed E-state index contributed by atoms with van der Waals surface area (Å²) >= 11 is 0. The van der Waals surface area contributed by atoms with Crippen molar-refractivity contribution in [1.29, 1.82) is 0 Å².